The highest BCUT2D eigenvalue weighted by Crippen LogP contribution is 2.30. The minimum Gasteiger partial charge on any atom is -0.382 e. The number of nitrogens with one attached hydrogen (secondary N) is 2. The van der Waals surface area contributed by atoms with Gasteiger partial charge < -0.3 is 15.4 Å². The summed E-state index contributed by atoms with van der Waals surface area (Å²) in [5.41, 5.74) is 0.963. The van der Waals surface area contributed by atoms with Crippen LogP contribution in [0.1, 0.15) is 20.3 Å². The van der Waals surface area contributed by atoms with E-state index in [2.05, 4.69) is 20.8 Å². The van der Waals surface area contributed by atoms with Crippen LogP contribution < -0.4 is 10.6 Å². The van der Waals surface area contributed by atoms with Crippen LogP contribution in [0.4, 0.5) is 10.8 Å². The van der Waals surface area contributed by atoms with E-state index in [1.165, 1.54) is 23.1 Å². The molecule has 1 aromatic carbocycles. The lowest BCUT2D eigenvalue weighted by Gasteiger charge is -2.10. The van der Waals surface area contributed by atoms with Gasteiger partial charge in [0.2, 0.25) is 11.0 Å². The van der Waals surface area contributed by atoms with E-state index < -0.39 is 0 Å². The average molecular weight is 367 g/mol. The molecule has 0 saturated heterocycles. The van der Waals surface area contributed by atoms with Gasteiger partial charge in [-0.25, -0.2) is 0 Å². The number of thioether (sulfide) groups is 1. The van der Waals surface area contributed by atoms with Crippen LogP contribution >= 0.6 is 23.1 Å². The van der Waals surface area contributed by atoms with Crippen molar-refractivity contribution in [2.75, 3.05) is 25.1 Å². The molecule has 2 aromatic rings. The second-order valence-corrected chi connectivity index (χ2v) is 7.53. The highest BCUT2D eigenvalue weighted by atomic mass is 32.2. The molecule has 8 heteroatoms. The van der Waals surface area contributed by atoms with Gasteiger partial charge in [0, 0.05) is 25.4 Å². The second-order valence-electron chi connectivity index (χ2n) is 4.97. The molecule has 0 spiro atoms. The number of benzene rings is 1. The summed E-state index contributed by atoms with van der Waals surface area (Å²) in [6.07, 6.45) is 0.820. The first-order valence-corrected chi connectivity index (χ1v) is 9.56. The maximum atomic E-state index is 12.0. The molecular formula is C16H22N4O2S2. The highest BCUT2D eigenvalue weighted by molar-refractivity contribution is 8.02. The minimum atomic E-state index is -0.213. The van der Waals surface area contributed by atoms with Gasteiger partial charge in [-0.05, 0) is 32.4 Å². The monoisotopic (exact) mass is 366 g/mol. The van der Waals surface area contributed by atoms with Crippen molar-refractivity contribution in [3.63, 3.8) is 0 Å². The topological polar surface area (TPSA) is 76.1 Å². The summed E-state index contributed by atoms with van der Waals surface area (Å²) < 4.78 is 6.01. The molecule has 2 rings (SSSR count). The van der Waals surface area contributed by atoms with Crippen LogP contribution in [-0.4, -0.2) is 41.1 Å². The summed E-state index contributed by atoms with van der Waals surface area (Å²) in [7, 11) is 0. The van der Waals surface area contributed by atoms with Crippen LogP contribution in [0.2, 0.25) is 0 Å². The zero-order chi connectivity index (χ0) is 17.2. The van der Waals surface area contributed by atoms with Crippen LogP contribution in [0.3, 0.4) is 0 Å². The third kappa shape index (κ3) is 6.46. The first-order valence-electron chi connectivity index (χ1n) is 7.86. The fraction of sp³-hybridized carbons (Fsp3) is 0.438. The van der Waals surface area contributed by atoms with Crippen molar-refractivity contribution in [1.82, 2.24) is 15.5 Å². The lowest BCUT2D eigenvalue weighted by molar-refractivity contribution is -0.120. The van der Waals surface area contributed by atoms with Crippen molar-refractivity contribution in [1.29, 1.82) is 0 Å². The van der Waals surface area contributed by atoms with Crippen LogP contribution in [0.25, 0.3) is 0 Å². The molecule has 130 valence electrons. The molecule has 1 aromatic heterocycles. The highest BCUT2D eigenvalue weighted by Gasteiger charge is 2.16. The Kier molecular flexibility index (Phi) is 8.00. The van der Waals surface area contributed by atoms with Crippen molar-refractivity contribution in [3.05, 3.63) is 30.3 Å². The number of hydrogen-bond donors (Lipinski definition) is 2. The number of ether oxygens (including phenoxy) is 1. The summed E-state index contributed by atoms with van der Waals surface area (Å²) in [5.74, 6) is 0.00395. The predicted molar refractivity (Wildman–Crippen MR) is 99.1 cm³/mol. The molecule has 24 heavy (non-hydrogen) atoms. The Morgan fingerprint density at radius 1 is 1.33 bits per heavy atom. The third-order valence-corrected chi connectivity index (χ3v) is 5.07. The van der Waals surface area contributed by atoms with Crippen LogP contribution in [0.5, 0.6) is 0 Å². The number of anilines is 2. The lowest BCUT2D eigenvalue weighted by atomic mass is 10.3. The molecule has 1 unspecified atom stereocenters. The first-order chi connectivity index (χ1) is 11.7. The SMILES string of the molecule is CCOCCCNC(=O)C(C)Sc1nnc(Nc2ccccc2)s1. The largest absolute Gasteiger partial charge is 0.382 e. The van der Waals surface area contributed by atoms with Crippen LogP contribution in [-0.2, 0) is 9.53 Å². The number of amides is 1. The van der Waals surface area contributed by atoms with Gasteiger partial charge in [-0.3, -0.25) is 4.79 Å². The summed E-state index contributed by atoms with van der Waals surface area (Å²) in [6, 6.07) is 9.80. The maximum absolute atomic E-state index is 12.0. The van der Waals surface area contributed by atoms with Gasteiger partial charge in [0.1, 0.15) is 0 Å². The van der Waals surface area contributed by atoms with Gasteiger partial charge in [0.25, 0.3) is 0 Å². The van der Waals surface area contributed by atoms with Crippen molar-refractivity contribution < 1.29 is 9.53 Å². The quantitative estimate of drug-likeness (QED) is 0.496. The van der Waals surface area contributed by atoms with Crippen molar-refractivity contribution in [2.24, 2.45) is 0 Å². The first kappa shape index (κ1) is 18.7. The number of rotatable bonds is 10. The molecule has 1 heterocycles. The summed E-state index contributed by atoms with van der Waals surface area (Å²) in [6.45, 7) is 5.83. The van der Waals surface area contributed by atoms with Gasteiger partial charge in [-0.2, -0.15) is 0 Å². The molecule has 2 N–H and O–H groups in total. The smallest absolute Gasteiger partial charge is 0.233 e. The van der Waals surface area contributed by atoms with E-state index in [1.807, 2.05) is 44.2 Å². The Hall–Kier alpha value is -1.64. The van der Waals surface area contributed by atoms with E-state index >= 15 is 0 Å². The Labute approximate surface area is 150 Å². The van der Waals surface area contributed by atoms with Crippen molar-refractivity contribution >= 4 is 39.8 Å². The third-order valence-electron chi connectivity index (χ3n) is 3.05. The molecule has 0 radical (unpaired) electrons. The fourth-order valence-corrected chi connectivity index (χ4v) is 3.77. The van der Waals surface area contributed by atoms with Crippen LogP contribution in [0, 0.1) is 0 Å². The zero-order valence-corrected chi connectivity index (χ0v) is 15.5. The summed E-state index contributed by atoms with van der Waals surface area (Å²) in [5, 5.41) is 14.8. The Morgan fingerprint density at radius 2 is 2.12 bits per heavy atom. The second kappa shape index (κ2) is 10.3. The average Bonchev–Trinajstić information content (AvgIpc) is 3.02. The molecular weight excluding hydrogens is 344 g/mol. The van der Waals surface area contributed by atoms with E-state index in [9.17, 15) is 4.79 Å². The molecule has 0 saturated carbocycles. The number of aromatic nitrogens is 2. The molecule has 0 aliphatic carbocycles. The van der Waals surface area contributed by atoms with Gasteiger partial charge in [-0.15, -0.1) is 10.2 Å². The number of nitrogens with zero attached hydrogens (tertiary/aromatic N) is 2. The molecule has 1 atom stereocenters. The van der Waals surface area contributed by atoms with Crippen LogP contribution in [0.15, 0.2) is 34.7 Å². The molecule has 0 fully saturated rings. The van der Waals surface area contributed by atoms with Gasteiger partial charge >= 0.3 is 0 Å². The molecule has 6 nitrogen and oxygen atoms in total. The Morgan fingerprint density at radius 3 is 2.88 bits per heavy atom. The normalized spacial score (nSPS) is 11.9. The lowest BCUT2D eigenvalue weighted by Crippen LogP contribution is -2.32. The van der Waals surface area contributed by atoms with Gasteiger partial charge in [0.15, 0.2) is 4.34 Å². The number of hydrogen-bond acceptors (Lipinski definition) is 7. The van der Waals surface area contributed by atoms with E-state index in [-0.39, 0.29) is 11.2 Å². The Bertz CT molecular complexity index is 622. The van der Waals surface area contributed by atoms with E-state index in [0.29, 0.717) is 24.9 Å². The van der Waals surface area contributed by atoms with Gasteiger partial charge in [0.05, 0.1) is 5.25 Å². The van der Waals surface area contributed by atoms with Gasteiger partial charge in [-0.1, -0.05) is 41.3 Å². The number of carbonyl (C=O) groups excluding carboxylic acids is 1. The minimum absolute atomic E-state index is 0.00395. The number of para-hydroxylation sites is 1. The summed E-state index contributed by atoms with van der Waals surface area (Å²) in [4.78, 5) is 12.0. The fourth-order valence-electron chi connectivity index (χ4n) is 1.83. The Balaban J connectivity index is 1.75. The maximum Gasteiger partial charge on any atom is 0.233 e. The predicted octanol–water partition coefficient (Wildman–Crippen LogP) is 3.31. The molecule has 0 bridgehead atoms. The summed E-state index contributed by atoms with van der Waals surface area (Å²) >= 11 is 2.85. The van der Waals surface area contributed by atoms with E-state index in [0.717, 1.165) is 16.4 Å². The van der Waals surface area contributed by atoms with Crippen molar-refractivity contribution in [2.45, 2.75) is 29.9 Å². The molecule has 0 aliphatic rings. The zero-order valence-electron chi connectivity index (χ0n) is 13.8. The molecule has 0 aliphatic heterocycles. The van der Waals surface area contributed by atoms with E-state index in [4.69, 9.17) is 4.74 Å². The molecule has 1 amide bonds. The standard InChI is InChI=1S/C16H22N4O2S2/c1-3-22-11-7-10-17-14(21)12(2)23-16-20-19-15(24-16)18-13-8-5-4-6-9-13/h4-6,8-9,12H,3,7,10-11H2,1-2H3,(H,17,21)(H,18,19). The van der Waals surface area contributed by atoms with E-state index in [1.54, 1.807) is 0 Å². The number of carbonyl (C=O) groups is 1. The van der Waals surface area contributed by atoms with Crippen molar-refractivity contribution in [3.8, 4) is 0 Å².